The van der Waals surface area contributed by atoms with Gasteiger partial charge in [0.15, 0.2) is 11.6 Å². The molecule has 0 aliphatic rings. The van der Waals surface area contributed by atoms with Gasteiger partial charge < -0.3 is 10.5 Å². The Morgan fingerprint density at radius 1 is 1.47 bits per heavy atom. The molecule has 0 fully saturated rings. The lowest BCUT2D eigenvalue weighted by atomic mass is 10.1. The van der Waals surface area contributed by atoms with Crippen LogP contribution in [0.2, 0.25) is 0 Å². The maximum absolute atomic E-state index is 11.7. The number of hydrogen-bond acceptors (Lipinski definition) is 4. The highest BCUT2D eigenvalue weighted by molar-refractivity contribution is 6.00. The second-order valence-corrected chi connectivity index (χ2v) is 4.33. The third-order valence-electron chi connectivity index (χ3n) is 2.14. The number of nitrogens with one attached hydrogen (secondary N) is 1. The number of amides is 1. The first-order valence-electron chi connectivity index (χ1n) is 5.53. The van der Waals surface area contributed by atoms with Crippen LogP contribution in [0.25, 0.3) is 0 Å². The highest BCUT2D eigenvalue weighted by atomic mass is 16.6. The Hall–Kier alpha value is -1.59. The van der Waals surface area contributed by atoms with Gasteiger partial charge in [0.1, 0.15) is 0 Å². The zero-order chi connectivity index (χ0) is 13.6. The van der Waals surface area contributed by atoms with Crippen LogP contribution in [0, 0.1) is 0 Å². The molecule has 0 rings (SSSR count). The van der Waals surface area contributed by atoms with E-state index in [0.717, 1.165) is 6.42 Å². The van der Waals surface area contributed by atoms with E-state index in [1.165, 1.54) is 20.8 Å². The fraction of sp³-hybridized carbons (Fsp3) is 0.727. The van der Waals surface area contributed by atoms with E-state index in [-0.39, 0.29) is 12.0 Å². The van der Waals surface area contributed by atoms with E-state index in [2.05, 4.69) is 10.3 Å². The number of rotatable bonds is 4. The van der Waals surface area contributed by atoms with Crippen LogP contribution in [0.5, 0.6) is 0 Å². The number of guanidine groups is 1. The summed E-state index contributed by atoms with van der Waals surface area (Å²) in [6.45, 7) is 8.06. The molecule has 3 N–H and O–H groups in total. The molecule has 1 unspecified atom stereocenters. The molecule has 1 amide bonds. The average Bonchev–Trinajstić information content (AvgIpc) is 2.15. The molecule has 0 aliphatic heterocycles. The summed E-state index contributed by atoms with van der Waals surface area (Å²) in [5.41, 5.74) is 4.29. The summed E-state index contributed by atoms with van der Waals surface area (Å²) in [6, 6.07) is 0.0344. The highest BCUT2D eigenvalue weighted by Gasteiger charge is 2.31. The molecule has 98 valence electrons. The molecule has 0 aliphatic carbocycles. The fourth-order valence-electron chi connectivity index (χ4n) is 1.03. The van der Waals surface area contributed by atoms with Gasteiger partial charge in [-0.05, 0) is 27.2 Å². The van der Waals surface area contributed by atoms with Gasteiger partial charge in [0.25, 0.3) is 5.91 Å². The molecule has 0 bridgehead atoms. The maximum Gasteiger partial charge on any atom is 0.303 e. The van der Waals surface area contributed by atoms with Crippen molar-refractivity contribution in [2.75, 3.05) is 0 Å². The van der Waals surface area contributed by atoms with Crippen molar-refractivity contribution in [3.05, 3.63) is 0 Å². The Labute approximate surface area is 102 Å². The number of carbonyl (C=O) groups excluding carboxylic acids is 2. The van der Waals surface area contributed by atoms with Gasteiger partial charge >= 0.3 is 5.97 Å². The van der Waals surface area contributed by atoms with Gasteiger partial charge in [0.05, 0.1) is 6.04 Å². The molecule has 0 saturated carbocycles. The van der Waals surface area contributed by atoms with Gasteiger partial charge in [-0.2, -0.15) is 0 Å². The number of aliphatic imine (C=N–C) groups is 1. The summed E-state index contributed by atoms with van der Waals surface area (Å²) < 4.78 is 4.87. The molecule has 0 radical (unpaired) electrons. The third-order valence-corrected chi connectivity index (χ3v) is 2.14. The summed E-state index contributed by atoms with van der Waals surface area (Å²) in [5, 5.41) is 2.40. The topological polar surface area (TPSA) is 93.8 Å². The first-order valence-corrected chi connectivity index (χ1v) is 5.53. The number of nitrogens with two attached hydrogens (primary N) is 1. The van der Waals surface area contributed by atoms with Crippen molar-refractivity contribution in [3.8, 4) is 0 Å². The van der Waals surface area contributed by atoms with Crippen molar-refractivity contribution < 1.29 is 14.3 Å². The molecular weight excluding hydrogens is 222 g/mol. The lowest BCUT2D eigenvalue weighted by Crippen LogP contribution is -2.50. The van der Waals surface area contributed by atoms with E-state index >= 15 is 0 Å². The van der Waals surface area contributed by atoms with Crippen LogP contribution in [0.4, 0.5) is 0 Å². The number of hydrogen-bond donors (Lipinski definition) is 2. The van der Waals surface area contributed by atoms with Crippen LogP contribution < -0.4 is 11.1 Å². The Morgan fingerprint density at radius 2 is 2.00 bits per heavy atom. The maximum atomic E-state index is 11.7. The van der Waals surface area contributed by atoms with Crippen molar-refractivity contribution in [1.29, 1.82) is 0 Å². The number of nitrogens with zero attached hydrogens (tertiary/aromatic N) is 1. The molecule has 0 aromatic carbocycles. The van der Waals surface area contributed by atoms with E-state index in [4.69, 9.17) is 10.5 Å². The molecular formula is C11H21N3O3. The molecule has 0 aromatic rings. The first-order chi connectivity index (χ1) is 7.69. The largest absolute Gasteiger partial charge is 0.450 e. The standard InChI is InChI=1S/C11H21N3O3/c1-6-7(2)13-10(12)14-9(16)11(4,5)17-8(3)15/h7H,6H2,1-5H3,(H3,12,13,14,16). The van der Waals surface area contributed by atoms with Crippen molar-refractivity contribution in [1.82, 2.24) is 5.32 Å². The number of ether oxygens (including phenoxy) is 1. The number of carbonyl (C=O) groups is 2. The lowest BCUT2D eigenvalue weighted by Gasteiger charge is -2.23. The predicted molar refractivity (Wildman–Crippen MR) is 65.4 cm³/mol. The van der Waals surface area contributed by atoms with Gasteiger partial charge in [-0.3, -0.25) is 19.9 Å². The predicted octanol–water partition coefficient (Wildman–Crippen LogP) is 0.558. The SMILES string of the molecule is CCC(C)N=C(N)NC(=O)C(C)(C)OC(C)=O. The van der Waals surface area contributed by atoms with Crippen molar-refractivity contribution >= 4 is 17.8 Å². The first kappa shape index (κ1) is 15.4. The third kappa shape index (κ3) is 5.89. The van der Waals surface area contributed by atoms with E-state index in [0.29, 0.717) is 0 Å². The zero-order valence-corrected chi connectivity index (χ0v) is 11.0. The van der Waals surface area contributed by atoms with Gasteiger partial charge in [-0.1, -0.05) is 6.92 Å². The van der Waals surface area contributed by atoms with Crippen LogP contribution in [0.15, 0.2) is 4.99 Å². The van der Waals surface area contributed by atoms with Crippen molar-refractivity contribution in [2.24, 2.45) is 10.7 Å². The Morgan fingerprint density at radius 3 is 2.41 bits per heavy atom. The summed E-state index contributed by atoms with van der Waals surface area (Å²) in [6.07, 6.45) is 0.823. The minimum absolute atomic E-state index is 0.0320. The quantitative estimate of drug-likeness (QED) is 0.428. The van der Waals surface area contributed by atoms with Gasteiger partial charge in [-0.25, -0.2) is 0 Å². The van der Waals surface area contributed by atoms with Crippen LogP contribution >= 0.6 is 0 Å². The molecule has 1 atom stereocenters. The summed E-state index contributed by atoms with van der Waals surface area (Å²) in [4.78, 5) is 26.6. The molecule has 0 aromatic heterocycles. The van der Waals surface area contributed by atoms with Crippen molar-refractivity contribution in [2.45, 2.75) is 52.7 Å². The fourth-order valence-corrected chi connectivity index (χ4v) is 1.03. The molecule has 0 spiro atoms. The van der Waals surface area contributed by atoms with Crippen LogP contribution in [-0.4, -0.2) is 29.5 Å². The second kappa shape index (κ2) is 6.22. The smallest absolute Gasteiger partial charge is 0.303 e. The zero-order valence-electron chi connectivity index (χ0n) is 11.0. The molecule has 17 heavy (non-hydrogen) atoms. The summed E-state index contributed by atoms with van der Waals surface area (Å²) in [5.74, 6) is -0.996. The number of esters is 1. The molecule has 0 saturated heterocycles. The Bertz CT molecular complexity index is 324. The molecule has 6 heteroatoms. The van der Waals surface area contributed by atoms with E-state index in [9.17, 15) is 9.59 Å². The van der Waals surface area contributed by atoms with E-state index < -0.39 is 17.5 Å². The van der Waals surface area contributed by atoms with Crippen LogP contribution in [0.3, 0.4) is 0 Å². The minimum Gasteiger partial charge on any atom is -0.450 e. The second-order valence-electron chi connectivity index (χ2n) is 4.33. The van der Waals surface area contributed by atoms with Crippen LogP contribution in [0.1, 0.15) is 41.0 Å². The van der Waals surface area contributed by atoms with E-state index in [1.807, 2.05) is 13.8 Å². The van der Waals surface area contributed by atoms with Gasteiger partial charge in [0, 0.05) is 6.92 Å². The summed E-state index contributed by atoms with van der Waals surface area (Å²) in [7, 11) is 0. The van der Waals surface area contributed by atoms with E-state index in [1.54, 1.807) is 0 Å². The van der Waals surface area contributed by atoms with Crippen molar-refractivity contribution in [3.63, 3.8) is 0 Å². The molecule has 6 nitrogen and oxygen atoms in total. The monoisotopic (exact) mass is 243 g/mol. The average molecular weight is 243 g/mol. The van der Waals surface area contributed by atoms with Gasteiger partial charge in [-0.15, -0.1) is 0 Å². The Balaban J connectivity index is 4.53. The van der Waals surface area contributed by atoms with Crippen LogP contribution in [-0.2, 0) is 14.3 Å². The van der Waals surface area contributed by atoms with Gasteiger partial charge in [0.2, 0.25) is 0 Å². The highest BCUT2D eigenvalue weighted by Crippen LogP contribution is 2.09. The normalized spacial score (nSPS) is 14.1. The molecule has 0 heterocycles. The lowest BCUT2D eigenvalue weighted by molar-refractivity contribution is -0.162. The summed E-state index contributed by atoms with van der Waals surface area (Å²) >= 11 is 0. The Kier molecular flexibility index (Phi) is 5.64. The minimum atomic E-state index is -1.26.